The van der Waals surface area contributed by atoms with Crippen LogP contribution in [-0.4, -0.2) is 58.5 Å². The summed E-state index contributed by atoms with van der Waals surface area (Å²) in [6.45, 7) is 7.60. The minimum atomic E-state index is 0.185. The molecule has 0 saturated carbocycles. The minimum absolute atomic E-state index is 0.185. The molecule has 0 N–H and O–H groups in total. The van der Waals surface area contributed by atoms with Crippen LogP contribution in [0.25, 0.3) is 0 Å². The van der Waals surface area contributed by atoms with Gasteiger partial charge in [0.25, 0.3) is 0 Å². The topological polar surface area (TPSA) is 49.3 Å². The zero-order valence-corrected chi connectivity index (χ0v) is 14.2. The highest BCUT2D eigenvalue weighted by atomic mass is 32.2. The largest absolute Gasteiger partial charge is 0.341 e. The third-order valence-electron chi connectivity index (χ3n) is 4.42. The zero-order valence-electron chi connectivity index (χ0n) is 13.4. The molecule has 6 heteroatoms. The quantitative estimate of drug-likeness (QED) is 0.833. The van der Waals surface area contributed by atoms with Gasteiger partial charge in [-0.2, -0.15) is 11.8 Å². The van der Waals surface area contributed by atoms with Crippen LogP contribution in [0.5, 0.6) is 0 Å². The van der Waals surface area contributed by atoms with Gasteiger partial charge in [-0.15, -0.1) is 0 Å². The number of rotatable bonds is 2. The summed E-state index contributed by atoms with van der Waals surface area (Å²) in [5.74, 6) is 3.53. The number of carbonyl (C=O) groups excluding carboxylic acids is 1. The molecule has 0 spiro atoms. The van der Waals surface area contributed by atoms with Crippen LogP contribution in [0.1, 0.15) is 24.2 Å². The van der Waals surface area contributed by atoms with Crippen molar-refractivity contribution in [2.45, 2.75) is 26.7 Å². The fourth-order valence-corrected chi connectivity index (χ4v) is 4.12. The van der Waals surface area contributed by atoms with Crippen molar-refractivity contribution in [2.75, 3.05) is 42.6 Å². The number of nitrogens with zero attached hydrogens (tertiary/aromatic N) is 4. The van der Waals surface area contributed by atoms with E-state index in [4.69, 9.17) is 0 Å². The predicted molar refractivity (Wildman–Crippen MR) is 90.3 cm³/mol. The first-order chi connectivity index (χ1) is 10.6. The van der Waals surface area contributed by atoms with E-state index in [2.05, 4.69) is 19.8 Å². The van der Waals surface area contributed by atoms with Gasteiger partial charge in [-0.05, 0) is 32.8 Å². The second-order valence-electron chi connectivity index (χ2n) is 6.15. The molecule has 0 atom stereocenters. The Kier molecular flexibility index (Phi) is 4.86. The summed E-state index contributed by atoms with van der Waals surface area (Å²) in [6.07, 6.45) is 1.83. The summed E-state index contributed by atoms with van der Waals surface area (Å²) < 4.78 is 0. The van der Waals surface area contributed by atoms with E-state index in [1.54, 1.807) is 0 Å². The highest BCUT2D eigenvalue weighted by Crippen LogP contribution is 2.24. The third kappa shape index (κ3) is 3.54. The Morgan fingerprint density at radius 2 is 1.68 bits per heavy atom. The van der Waals surface area contributed by atoms with E-state index in [1.807, 2.05) is 31.7 Å². The van der Waals surface area contributed by atoms with Crippen LogP contribution in [0, 0.1) is 19.8 Å². The third-order valence-corrected chi connectivity index (χ3v) is 5.36. The standard InChI is InChI=1S/C16H24N4OS/c1-12-11-13(2)18-16(17-12)20-5-3-14(4-6-20)15(21)19-7-9-22-10-8-19/h11,14H,3-10H2,1-2H3. The molecule has 2 fully saturated rings. The van der Waals surface area contributed by atoms with Crippen molar-refractivity contribution in [1.82, 2.24) is 14.9 Å². The molecule has 1 aromatic heterocycles. The molecule has 22 heavy (non-hydrogen) atoms. The Morgan fingerprint density at radius 3 is 2.27 bits per heavy atom. The van der Waals surface area contributed by atoms with Crippen molar-refractivity contribution < 1.29 is 4.79 Å². The van der Waals surface area contributed by atoms with E-state index < -0.39 is 0 Å². The fourth-order valence-electron chi connectivity index (χ4n) is 3.22. The van der Waals surface area contributed by atoms with Crippen LogP contribution in [0.4, 0.5) is 5.95 Å². The Balaban J connectivity index is 1.58. The summed E-state index contributed by atoms with van der Waals surface area (Å²) in [5, 5.41) is 0. The van der Waals surface area contributed by atoms with Gasteiger partial charge in [-0.3, -0.25) is 4.79 Å². The molecule has 0 radical (unpaired) electrons. The van der Waals surface area contributed by atoms with Crippen molar-refractivity contribution in [1.29, 1.82) is 0 Å². The summed E-state index contributed by atoms with van der Waals surface area (Å²) in [6, 6.07) is 1.99. The van der Waals surface area contributed by atoms with Crippen LogP contribution >= 0.6 is 11.8 Å². The molecule has 2 aliphatic rings. The number of hydrogen-bond donors (Lipinski definition) is 0. The average Bonchev–Trinajstić information content (AvgIpc) is 2.54. The Labute approximate surface area is 136 Å². The maximum Gasteiger partial charge on any atom is 0.225 e. The van der Waals surface area contributed by atoms with E-state index in [0.29, 0.717) is 5.91 Å². The van der Waals surface area contributed by atoms with E-state index in [0.717, 1.165) is 67.9 Å². The van der Waals surface area contributed by atoms with E-state index in [-0.39, 0.29) is 5.92 Å². The molecular weight excluding hydrogens is 296 g/mol. The lowest BCUT2D eigenvalue weighted by Crippen LogP contribution is -2.45. The van der Waals surface area contributed by atoms with Crippen LogP contribution in [0.2, 0.25) is 0 Å². The second kappa shape index (κ2) is 6.86. The molecule has 2 aliphatic heterocycles. The van der Waals surface area contributed by atoms with Crippen LogP contribution < -0.4 is 4.90 Å². The van der Waals surface area contributed by atoms with Crippen molar-refractivity contribution >= 4 is 23.6 Å². The molecule has 2 saturated heterocycles. The molecule has 3 heterocycles. The van der Waals surface area contributed by atoms with Gasteiger partial charge in [-0.25, -0.2) is 9.97 Å². The van der Waals surface area contributed by atoms with Crippen molar-refractivity contribution in [3.05, 3.63) is 17.5 Å². The molecule has 0 aromatic carbocycles. The van der Waals surface area contributed by atoms with Crippen molar-refractivity contribution in [2.24, 2.45) is 5.92 Å². The van der Waals surface area contributed by atoms with E-state index >= 15 is 0 Å². The summed E-state index contributed by atoms with van der Waals surface area (Å²) in [7, 11) is 0. The number of hydrogen-bond acceptors (Lipinski definition) is 5. The van der Waals surface area contributed by atoms with Gasteiger partial charge < -0.3 is 9.80 Å². The highest BCUT2D eigenvalue weighted by molar-refractivity contribution is 7.99. The van der Waals surface area contributed by atoms with Gasteiger partial charge in [0.05, 0.1) is 0 Å². The van der Waals surface area contributed by atoms with Gasteiger partial charge in [0.1, 0.15) is 0 Å². The Hall–Kier alpha value is -1.30. The lowest BCUT2D eigenvalue weighted by molar-refractivity contribution is -0.135. The summed E-state index contributed by atoms with van der Waals surface area (Å²) >= 11 is 1.94. The molecule has 3 rings (SSSR count). The van der Waals surface area contributed by atoms with E-state index in [1.165, 1.54) is 0 Å². The molecule has 1 amide bonds. The van der Waals surface area contributed by atoms with Crippen molar-refractivity contribution in [3.63, 3.8) is 0 Å². The zero-order chi connectivity index (χ0) is 15.5. The first-order valence-electron chi connectivity index (χ1n) is 8.07. The number of amides is 1. The number of piperidine rings is 1. The smallest absolute Gasteiger partial charge is 0.225 e. The molecular formula is C16H24N4OS. The molecule has 0 aliphatic carbocycles. The van der Waals surface area contributed by atoms with Gasteiger partial charge in [0.2, 0.25) is 11.9 Å². The van der Waals surface area contributed by atoms with Crippen LogP contribution in [-0.2, 0) is 4.79 Å². The molecule has 120 valence electrons. The number of carbonyl (C=O) groups is 1. The first kappa shape index (κ1) is 15.6. The fraction of sp³-hybridized carbons (Fsp3) is 0.688. The second-order valence-corrected chi connectivity index (χ2v) is 7.37. The molecule has 0 unspecified atom stereocenters. The maximum absolute atomic E-state index is 12.6. The van der Waals surface area contributed by atoms with Crippen LogP contribution in [0.3, 0.4) is 0 Å². The average molecular weight is 320 g/mol. The number of thioether (sulfide) groups is 1. The number of aromatic nitrogens is 2. The first-order valence-corrected chi connectivity index (χ1v) is 9.23. The SMILES string of the molecule is Cc1cc(C)nc(N2CCC(C(=O)N3CCSCC3)CC2)n1. The lowest BCUT2D eigenvalue weighted by Gasteiger charge is -2.35. The Morgan fingerprint density at radius 1 is 1.09 bits per heavy atom. The van der Waals surface area contributed by atoms with Crippen molar-refractivity contribution in [3.8, 4) is 0 Å². The maximum atomic E-state index is 12.6. The summed E-state index contributed by atoms with van der Waals surface area (Å²) in [5.41, 5.74) is 2.01. The Bertz CT molecular complexity index is 517. The number of aryl methyl sites for hydroxylation is 2. The van der Waals surface area contributed by atoms with Gasteiger partial charge >= 0.3 is 0 Å². The normalized spacial score (nSPS) is 20.3. The summed E-state index contributed by atoms with van der Waals surface area (Å²) in [4.78, 5) is 25.9. The molecule has 1 aromatic rings. The monoisotopic (exact) mass is 320 g/mol. The van der Waals surface area contributed by atoms with Gasteiger partial charge in [0, 0.05) is 55.0 Å². The van der Waals surface area contributed by atoms with Gasteiger partial charge in [-0.1, -0.05) is 0 Å². The van der Waals surface area contributed by atoms with Gasteiger partial charge in [0.15, 0.2) is 0 Å². The molecule has 5 nitrogen and oxygen atoms in total. The van der Waals surface area contributed by atoms with Crippen LogP contribution in [0.15, 0.2) is 6.07 Å². The predicted octanol–water partition coefficient (Wildman–Crippen LogP) is 1.89. The lowest BCUT2D eigenvalue weighted by atomic mass is 9.95. The minimum Gasteiger partial charge on any atom is -0.341 e. The number of anilines is 1. The van der Waals surface area contributed by atoms with E-state index in [9.17, 15) is 4.79 Å². The highest BCUT2D eigenvalue weighted by Gasteiger charge is 2.30. The molecule has 0 bridgehead atoms.